The predicted molar refractivity (Wildman–Crippen MR) is 114 cm³/mol. The number of hydrogen-bond acceptors (Lipinski definition) is 6. The lowest BCUT2D eigenvalue weighted by Crippen LogP contribution is -2.00. The van der Waals surface area contributed by atoms with E-state index in [0.717, 1.165) is 11.8 Å². The summed E-state index contributed by atoms with van der Waals surface area (Å²) in [6, 6.07) is 11.1. The number of carboxylic acids is 1. The summed E-state index contributed by atoms with van der Waals surface area (Å²) >= 11 is 8.22. The SMILES string of the molecule is Nc1ccc(F)cc1SCC=O.Nc1scc(-c2ccc(Cl)cc2)c1C(=O)O. The molecule has 0 aliphatic carbocycles. The summed E-state index contributed by atoms with van der Waals surface area (Å²) < 4.78 is 12.6. The van der Waals surface area contributed by atoms with E-state index in [9.17, 15) is 14.0 Å². The van der Waals surface area contributed by atoms with Gasteiger partial charge in [-0.2, -0.15) is 0 Å². The third-order valence-electron chi connectivity index (χ3n) is 3.47. The van der Waals surface area contributed by atoms with Gasteiger partial charge < -0.3 is 21.4 Å². The number of carbonyl (C=O) groups is 2. The third kappa shape index (κ3) is 5.72. The van der Waals surface area contributed by atoms with E-state index in [1.165, 1.54) is 41.3 Å². The van der Waals surface area contributed by atoms with Crippen LogP contribution in [0.1, 0.15) is 10.4 Å². The number of carboxylic acid groups (broad SMARTS) is 1. The van der Waals surface area contributed by atoms with Gasteiger partial charge in [-0.05, 0) is 35.9 Å². The number of nitrogens with two attached hydrogens (primary N) is 2. The van der Waals surface area contributed by atoms with Crippen molar-refractivity contribution in [1.29, 1.82) is 0 Å². The lowest BCUT2D eigenvalue weighted by atomic mass is 10.0. The molecule has 0 radical (unpaired) electrons. The topological polar surface area (TPSA) is 106 Å². The fourth-order valence-electron chi connectivity index (χ4n) is 2.19. The summed E-state index contributed by atoms with van der Waals surface area (Å²) in [6.45, 7) is 0. The molecular formula is C19H16ClFN2O3S2. The molecule has 1 aromatic heterocycles. The number of thiophene rings is 1. The van der Waals surface area contributed by atoms with Crippen LogP contribution in [0.4, 0.5) is 15.1 Å². The van der Waals surface area contributed by atoms with Gasteiger partial charge in [0.1, 0.15) is 22.7 Å². The lowest BCUT2D eigenvalue weighted by Gasteiger charge is -2.01. The Kier molecular flexibility index (Phi) is 7.86. The molecule has 0 atom stereocenters. The fourth-order valence-corrected chi connectivity index (χ4v) is 3.81. The van der Waals surface area contributed by atoms with E-state index in [-0.39, 0.29) is 11.4 Å². The maximum atomic E-state index is 12.6. The number of anilines is 2. The van der Waals surface area contributed by atoms with Crippen molar-refractivity contribution in [1.82, 2.24) is 0 Å². The first-order valence-corrected chi connectivity index (χ1v) is 10.1. The van der Waals surface area contributed by atoms with E-state index >= 15 is 0 Å². The number of aromatic carboxylic acids is 1. The fraction of sp³-hybridized carbons (Fsp3) is 0.0526. The highest BCUT2D eigenvalue weighted by Crippen LogP contribution is 2.34. The summed E-state index contributed by atoms with van der Waals surface area (Å²) in [5, 5.41) is 11.7. The Balaban J connectivity index is 0.000000209. The van der Waals surface area contributed by atoms with Gasteiger partial charge in [0.25, 0.3) is 0 Å². The van der Waals surface area contributed by atoms with Gasteiger partial charge in [0.15, 0.2) is 0 Å². The van der Waals surface area contributed by atoms with Crippen molar-refractivity contribution in [2.45, 2.75) is 4.90 Å². The Morgan fingerprint density at radius 1 is 1.21 bits per heavy atom. The zero-order chi connectivity index (χ0) is 20.7. The van der Waals surface area contributed by atoms with Crippen LogP contribution in [0.2, 0.25) is 5.02 Å². The molecule has 0 aliphatic heterocycles. The van der Waals surface area contributed by atoms with Crippen molar-refractivity contribution in [3.05, 3.63) is 64.2 Å². The van der Waals surface area contributed by atoms with E-state index in [1.54, 1.807) is 29.6 Å². The van der Waals surface area contributed by atoms with Crippen LogP contribution in [0, 0.1) is 5.82 Å². The van der Waals surface area contributed by atoms with Gasteiger partial charge in [0.05, 0.1) is 5.75 Å². The second kappa shape index (κ2) is 10.1. The van der Waals surface area contributed by atoms with Gasteiger partial charge in [-0.3, -0.25) is 0 Å². The van der Waals surface area contributed by atoms with Gasteiger partial charge in [-0.1, -0.05) is 23.7 Å². The van der Waals surface area contributed by atoms with Crippen LogP contribution in [-0.4, -0.2) is 23.1 Å². The number of hydrogen-bond donors (Lipinski definition) is 3. The number of carbonyl (C=O) groups excluding carboxylic acids is 1. The second-order valence-corrected chi connectivity index (χ2v) is 7.77. The Morgan fingerprint density at radius 2 is 1.89 bits per heavy atom. The summed E-state index contributed by atoms with van der Waals surface area (Å²) in [5.41, 5.74) is 13.2. The number of rotatable bonds is 5. The quantitative estimate of drug-likeness (QED) is 0.292. The molecule has 0 amide bonds. The number of benzene rings is 2. The normalized spacial score (nSPS) is 10.1. The van der Waals surface area contributed by atoms with Crippen molar-refractivity contribution in [2.75, 3.05) is 17.2 Å². The first-order chi connectivity index (χ1) is 13.3. The molecule has 9 heteroatoms. The molecule has 0 bridgehead atoms. The molecule has 0 spiro atoms. The van der Waals surface area contributed by atoms with Gasteiger partial charge in [-0.25, -0.2) is 9.18 Å². The smallest absolute Gasteiger partial charge is 0.339 e. The Hall–Kier alpha value is -2.55. The number of aldehydes is 1. The van der Waals surface area contributed by atoms with Crippen molar-refractivity contribution >= 4 is 57.6 Å². The van der Waals surface area contributed by atoms with E-state index in [0.29, 0.717) is 31.9 Å². The molecule has 0 fully saturated rings. The van der Waals surface area contributed by atoms with Gasteiger partial charge >= 0.3 is 5.97 Å². The molecular weight excluding hydrogens is 423 g/mol. The van der Waals surface area contributed by atoms with Gasteiger partial charge in [0.2, 0.25) is 0 Å². The molecule has 0 saturated carbocycles. The van der Waals surface area contributed by atoms with Crippen LogP contribution in [0.15, 0.2) is 52.7 Å². The molecule has 3 rings (SSSR count). The first-order valence-electron chi connectivity index (χ1n) is 7.81. The lowest BCUT2D eigenvalue weighted by molar-refractivity contribution is -0.105. The van der Waals surface area contributed by atoms with E-state index < -0.39 is 5.97 Å². The first kappa shape index (κ1) is 21.7. The minimum atomic E-state index is -1.01. The average Bonchev–Trinajstić information content (AvgIpc) is 3.05. The number of nitrogen functional groups attached to an aromatic ring is 2. The molecule has 28 heavy (non-hydrogen) atoms. The number of halogens is 2. The molecule has 0 aliphatic rings. The molecule has 3 aromatic rings. The van der Waals surface area contributed by atoms with Crippen LogP contribution in [0.25, 0.3) is 11.1 Å². The van der Waals surface area contributed by atoms with E-state index in [4.69, 9.17) is 28.2 Å². The zero-order valence-electron chi connectivity index (χ0n) is 14.4. The minimum Gasteiger partial charge on any atom is -0.478 e. The maximum absolute atomic E-state index is 12.6. The highest BCUT2D eigenvalue weighted by atomic mass is 35.5. The van der Waals surface area contributed by atoms with Crippen molar-refractivity contribution in [3.8, 4) is 11.1 Å². The Bertz CT molecular complexity index is 978. The van der Waals surface area contributed by atoms with Crippen molar-refractivity contribution in [2.24, 2.45) is 0 Å². The number of thioether (sulfide) groups is 1. The summed E-state index contributed by atoms with van der Waals surface area (Å²) in [7, 11) is 0. The van der Waals surface area contributed by atoms with Crippen LogP contribution in [-0.2, 0) is 4.79 Å². The largest absolute Gasteiger partial charge is 0.478 e. The Morgan fingerprint density at radius 3 is 2.50 bits per heavy atom. The average molecular weight is 439 g/mol. The second-order valence-electron chi connectivity index (χ2n) is 5.36. The molecule has 0 unspecified atom stereocenters. The molecule has 1 heterocycles. The van der Waals surface area contributed by atoms with E-state index in [1.807, 2.05) is 0 Å². The Labute approximate surface area is 174 Å². The van der Waals surface area contributed by atoms with Gasteiger partial charge in [0, 0.05) is 26.5 Å². The molecule has 0 saturated heterocycles. The highest BCUT2D eigenvalue weighted by Gasteiger charge is 2.17. The zero-order valence-corrected chi connectivity index (χ0v) is 16.8. The third-order valence-corrected chi connectivity index (χ3v) is 5.50. The van der Waals surface area contributed by atoms with Crippen LogP contribution >= 0.6 is 34.7 Å². The monoisotopic (exact) mass is 438 g/mol. The van der Waals surface area contributed by atoms with Crippen LogP contribution in [0.3, 0.4) is 0 Å². The predicted octanol–water partition coefficient (Wildman–Crippen LogP) is 5.05. The standard InChI is InChI=1S/C11H8ClNO2S.C8H8FNOS/c12-7-3-1-6(2-4-7)8-5-16-10(13)9(8)11(14)15;9-6-1-2-7(10)8(5-6)12-4-3-11/h1-5H,13H2,(H,14,15);1-3,5H,4,10H2. The minimum absolute atomic E-state index is 0.160. The van der Waals surface area contributed by atoms with E-state index in [2.05, 4.69) is 0 Å². The van der Waals surface area contributed by atoms with Crippen molar-refractivity contribution < 1.29 is 19.1 Å². The van der Waals surface area contributed by atoms with Gasteiger partial charge in [-0.15, -0.1) is 23.1 Å². The highest BCUT2D eigenvalue weighted by molar-refractivity contribution is 8.00. The summed E-state index contributed by atoms with van der Waals surface area (Å²) in [5.74, 6) is -1.05. The molecule has 2 aromatic carbocycles. The maximum Gasteiger partial charge on any atom is 0.339 e. The van der Waals surface area contributed by atoms with Crippen LogP contribution in [0.5, 0.6) is 0 Å². The summed E-state index contributed by atoms with van der Waals surface area (Å²) in [6.07, 6.45) is 0.759. The van der Waals surface area contributed by atoms with Crippen molar-refractivity contribution in [3.63, 3.8) is 0 Å². The van der Waals surface area contributed by atoms with Crippen LogP contribution < -0.4 is 11.5 Å². The summed E-state index contributed by atoms with van der Waals surface area (Å²) in [4.78, 5) is 21.7. The molecule has 5 nitrogen and oxygen atoms in total. The molecule has 5 N–H and O–H groups in total. The molecule has 146 valence electrons.